The Kier molecular flexibility index (Phi) is 5.02. The molecule has 2 aromatic carbocycles. The minimum absolute atomic E-state index is 0.0248. The topological polar surface area (TPSA) is 104 Å². The van der Waals surface area contributed by atoms with E-state index in [2.05, 4.69) is 11.2 Å². The Labute approximate surface area is 192 Å². The van der Waals surface area contributed by atoms with Crippen LogP contribution in [0.25, 0.3) is 0 Å². The predicted molar refractivity (Wildman–Crippen MR) is 118 cm³/mol. The van der Waals surface area contributed by atoms with E-state index in [1.807, 2.05) is 24.3 Å². The first-order valence-electron chi connectivity index (χ1n) is 10.9. The molecule has 5 rings (SSSR count). The quantitative estimate of drug-likeness (QED) is 0.772. The van der Waals surface area contributed by atoms with Crippen molar-refractivity contribution in [3.05, 3.63) is 59.2 Å². The van der Waals surface area contributed by atoms with Crippen molar-refractivity contribution in [3.8, 4) is 17.6 Å². The fourth-order valence-electron chi connectivity index (χ4n) is 4.37. The maximum absolute atomic E-state index is 12.8. The molecular weight excluding hydrogens is 422 g/mol. The van der Waals surface area contributed by atoms with Gasteiger partial charge in [-0.25, -0.2) is 5.01 Å². The van der Waals surface area contributed by atoms with Crippen molar-refractivity contribution < 1.29 is 24.1 Å². The molecule has 2 aromatic rings. The number of nitriles is 1. The molecule has 0 aromatic heterocycles. The third kappa shape index (κ3) is 3.79. The van der Waals surface area contributed by atoms with Crippen LogP contribution in [0.1, 0.15) is 43.1 Å². The summed E-state index contributed by atoms with van der Waals surface area (Å²) in [6, 6.07) is 14.7. The summed E-state index contributed by atoms with van der Waals surface area (Å²) < 4.78 is 17.5. The second-order valence-electron chi connectivity index (χ2n) is 9.18. The molecule has 8 nitrogen and oxygen atoms in total. The zero-order chi connectivity index (χ0) is 23.3. The van der Waals surface area contributed by atoms with Crippen molar-refractivity contribution in [2.24, 2.45) is 16.9 Å². The van der Waals surface area contributed by atoms with Crippen LogP contribution < -0.4 is 9.47 Å². The highest BCUT2D eigenvalue weighted by molar-refractivity contribution is 5.96. The molecule has 2 aliphatic heterocycles. The first-order chi connectivity index (χ1) is 15.8. The summed E-state index contributed by atoms with van der Waals surface area (Å²) in [4.78, 5) is 12.8. The molecule has 0 spiro atoms. The number of rotatable bonds is 4. The van der Waals surface area contributed by atoms with Gasteiger partial charge in [-0.05, 0) is 56.2 Å². The van der Waals surface area contributed by atoms with Crippen LogP contribution in [-0.2, 0) is 16.1 Å². The van der Waals surface area contributed by atoms with Gasteiger partial charge in [0, 0.05) is 11.5 Å². The zero-order valence-electron chi connectivity index (χ0n) is 18.7. The van der Waals surface area contributed by atoms with E-state index in [0.29, 0.717) is 35.7 Å². The molecule has 4 atom stereocenters. The van der Waals surface area contributed by atoms with Crippen LogP contribution in [0, 0.1) is 23.2 Å². The monoisotopic (exact) mass is 447 g/mol. The largest absolute Gasteiger partial charge is 0.497 e. The normalized spacial score (nSPS) is 26.8. The highest BCUT2D eigenvalue weighted by Gasteiger charge is 2.55. The summed E-state index contributed by atoms with van der Waals surface area (Å²) in [6.07, 6.45) is -1.09. The maximum atomic E-state index is 12.8. The summed E-state index contributed by atoms with van der Waals surface area (Å²) in [5.74, 6) is 1.46. The van der Waals surface area contributed by atoms with Crippen molar-refractivity contribution in [1.82, 2.24) is 5.01 Å². The fourth-order valence-corrected chi connectivity index (χ4v) is 4.37. The standard InChI is InChI=1S/C25H25N3O5/c1-25(2)22(29)21(19-10-15(12-26)6-9-20(19)33-25)32-23-17-11-18(17)24(30)28(27-23)13-14-4-7-16(31-3)8-5-14/h4-10,17-18,21-22,29H,11,13H2,1-3H3/t17-,18+,21+,22-/m0/s1. The fraction of sp³-hybridized carbons (Fsp3) is 0.400. The van der Waals surface area contributed by atoms with Gasteiger partial charge in [0.15, 0.2) is 6.10 Å². The van der Waals surface area contributed by atoms with Crippen molar-refractivity contribution in [2.75, 3.05) is 7.11 Å². The van der Waals surface area contributed by atoms with E-state index in [4.69, 9.17) is 14.2 Å². The van der Waals surface area contributed by atoms with Gasteiger partial charge >= 0.3 is 0 Å². The molecule has 0 radical (unpaired) electrons. The maximum Gasteiger partial charge on any atom is 0.247 e. The molecule has 0 saturated heterocycles. The lowest BCUT2D eigenvalue weighted by molar-refractivity contribution is -0.135. The van der Waals surface area contributed by atoms with E-state index in [1.54, 1.807) is 39.2 Å². The van der Waals surface area contributed by atoms with Crippen LogP contribution in [0.2, 0.25) is 0 Å². The number of nitrogens with zero attached hydrogens (tertiary/aromatic N) is 3. The Morgan fingerprint density at radius 3 is 2.70 bits per heavy atom. The molecule has 1 N–H and O–H groups in total. The number of methoxy groups -OCH3 is 1. The smallest absolute Gasteiger partial charge is 0.247 e. The van der Waals surface area contributed by atoms with Crippen LogP contribution in [0.5, 0.6) is 11.5 Å². The van der Waals surface area contributed by atoms with E-state index in [-0.39, 0.29) is 17.7 Å². The van der Waals surface area contributed by atoms with Gasteiger partial charge in [0.2, 0.25) is 11.8 Å². The van der Waals surface area contributed by atoms with Gasteiger partial charge < -0.3 is 19.3 Å². The average Bonchev–Trinajstić information content (AvgIpc) is 3.61. The molecule has 170 valence electrons. The lowest BCUT2D eigenvalue weighted by Gasteiger charge is -2.42. The van der Waals surface area contributed by atoms with Gasteiger partial charge in [0.25, 0.3) is 0 Å². The minimum Gasteiger partial charge on any atom is -0.497 e. The number of hydrogen-bond acceptors (Lipinski definition) is 7. The highest BCUT2D eigenvalue weighted by atomic mass is 16.5. The first-order valence-corrected chi connectivity index (χ1v) is 10.9. The van der Waals surface area contributed by atoms with Gasteiger partial charge in [-0.15, -0.1) is 5.10 Å². The summed E-state index contributed by atoms with van der Waals surface area (Å²) in [5, 5.41) is 26.4. The molecule has 8 heteroatoms. The number of aliphatic hydroxyl groups is 1. The second-order valence-corrected chi connectivity index (χ2v) is 9.18. The van der Waals surface area contributed by atoms with Crippen LogP contribution >= 0.6 is 0 Å². The van der Waals surface area contributed by atoms with Crippen LogP contribution in [0.15, 0.2) is 47.6 Å². The van der Waals surface area contributed by atoms with E-state index < -0.39 is 17.8 Å². The zero-order valence-corrected chi connectivity index (χ0v) is 18.7. The molecule has 0 bridgehead atoms. The Morgan fingerprint density at radius 2 is 2.00 bits per heavy atom. The third-order valence-corrected chi connectivity index (χ3v) is 6.46. The first kappa shape index (κ1) is 21.3. The van der Waals surface area contributed by atoms with Gasteiger partial charge in [-0.1, -0.05) is 12.1 Å². The van der Waals surface area contributed by atoms with Crippen LogP contribution in [0.4, 0.5) is 0 Å². The van der Waals surface area contributed by atoms with E-state index in [1.165, 1.54) is 5.01 Å². The Balaban J connectivity index is 1.44. The summed E-state index contributed by atoms with van der Waals surface area (Å²) in [6.45, 7) is 3.89. The molecule has 1 aliphatic carbocycles. The van der Waals surface area contributed by atoms with Crippen molar-refractivity contribution in [1.29, 1.82) is 5.26 Å². The van der Waals surface area contributed by atoms with E-state index >= 15 is 0 Å². The predicted octanol–water partition coefficient (Wildman–Crippen LogP) is 3.15. The Hall–Kier alpha value is -3.57. The van der Waals surface area contributed by atoms with E-state index in [0.717, 1.165) is 11.3 Å². The molecule has 2 heterocycles. The number of aliphatic hydroxyl groups excluding tert-OH is 1. The number of fused-ring (bicyclic) bond motifs is 2. The summed E-state index contributed by atoms with van der Waals surface area (Å²) in [5.41, 5.74) is 1.06. The number of hydrogen-bond donors (Lipinski definition) is 1. The number of hydrazone groups is 1. The van der Waals surface area contributed by atoms with Crippen molar-refractivity contribution >= 4 is 11.8 Å². The second kappa shape index (κ2) is 7.78. The van der Waals surface area contributed by atoms with Crippen LogP contribution in [0.3, 0.4) is 0 Å². The van der Waals surface area contributed by atoms with Crippen LogP contribution in [-0.4, -0.2) is 40.7 Å². The number of ether oxygens (including phenoxy) is 3. The molecule has 3 aliphatic rings. The minimum atomic E-state index is -0.994. The summed E-state index contributed by atoms with van der Waals surface area (Å²) in [7, 11) is 1.61. The van der Waals surface area contributed by atoms with E-state index in [9.17, 15) is 15.2 Å². The lowest BCUT2D eigenvalue weighted by atomic mass is 9.87. The number of benzene rings is 2. The molecule has 1 fully saturated rings. The molecular formula is C25H25N3O5. The molecule has 1 amide bonds. The number of amides is 1. The van der Waals surface area contributed by atoms with Gasteiger partial charge in [-0.3, -0.25) is 4.79 Å². The molecule has 33 heavy (non-hydrogen) atoms. The Morgan fingerprint density at radius 1 is 1.24 bits per heavy atom. The van der Waals surface area contributed by atoms with Crippen molar-refractivity contribution in [3.63, 3.8) is 0 Å². The molecule has 1 saturated carbocycles. The van der Waals surface area contributed by atoms with Gasteiger partial charge in [0.1, 0.15) is 23.2 Å². The summed E-state index contributed by atoms with van der Waals surface area (Å²) >= 11 is 0. The lowest BCUT2D eigenvalue weighted by Crippen LogP contribution is -2.50. The number of carbonyl (C=O) groups excluding carboxylic acids is 1. The van der Waals surface area contributed by atoms with Gasteiger partial charge in [0.05, 0.1) is 31.2 Å². The SMILES string of the molecule is COc1ccc(CN2N=C(O[C@@H]3c4cc(C#N)ccc4OC(C)(C)[C@H]3O)[C@H]3C[C@H]3C2=O)cc1. The third-order valence-electron chi connectivity index (χ3n) is 6.46. The highest BCUT2D eigenvalue weighted by Crippen LogP contribution is 2.48. The number of carbonyl (C=O) groups is 1. The average molecular weight is 447 g/mol. The Bertz CT molecular complexity index is 1170. The molecule has 0 unspecified atom stereocenters. The van der Waals surface area contributed by atoms with Gasteiger partial charge in [-0.2, -0.15) is 5.26 Å². The van der Waals surface area contributed by atoms with Crippen molar-refractivity contribution in [2.45, 2.75) is 44.6 Å².